The van der Waals surface area contributed by atoms with Crippen LogP contribution in [0.3, 0.4) is 0 Å². The fraction of sp³-hybridized carbons (Fsp3) is 0.400. The van der Waals surface area contributed by atoms with Gasteiger partial charge >= 0.3 is 0 Å². The fourth-order valence-electron chi connectivity index (χ4n) is 0.848. The van der Waals surface area contributed by atoms with E-state index in [4.69, 9.17) is 5.26 Å². The minimum atomic E-state index is 0.140. The SMILES string of the molecule is CC(C)(C)Sc1cccc(C#N)n1. The average Bonchev–Trinajstić information content (AvgIpc) is 2.01. The average molecular weight is 192 g/mol. The summed E-state index contributed by atoms with van der Waals surface area (Å²) in [5, 5.41) is 9.55. The summed E-state index contributed by atoms with van der Waals surface area (Å²) in [5.41, 5.74) is 0.481. The van der Waals surface area contributed by atoms with Gasteiger partial charge in [-0.2, -0.15) is 5.26 Å². The van der Waals surface area contributed by atoms with Crippen molar-refractivity contribution in [2.45, 2.75) is 30.5 Å². The zero-order valence-electron chi connectivity index (χ0n) is 8.03. The molecule has 13 heavy (non-hydrogen) atoms. The molecule has 68 valence electrons. The Labute approximate surface area is 83.0 Å². The smallest absolute Gasteiger partial charge is 0.141 e. The Morgan fingerprint density at radius 3 is 2.62 bits per heavy atom. The van der Waals surface area contributed by atoms with Gasteiger partial charge in [-0.1, -0.05) is 26.8 Å². The van der Waals surface area contributed by atoms with Crippen molar-refractivity contribution in [3.8, 4) is 6.07 Å². The first kappa shape index (κ1) is 10.1. The highest BCUT2D eigenvalue weighted by molar-refractivity contribution is 8.00. The predicted octanol–water partition coefficient (Wildman–Crippen LogP) is 2.84. The topological polar surface area (TPSA) is 36.7 Å². The third-order valence-electron chi connectivity index (χ3n) is 1.25. The first-order chi connectivity index (χ1) is 6.01. The van der Waals surface area contributed by atoms with Gasteiger partial charge in [-0.05, 0) is 12.1 Å². The minimum absolute atomic E-state index is 0.140. The summed E-state index contributed by atoms with van der Waals surface area (Å²) in [6.07, 6.45) is 0. The van der Waals surface area contributed by atoms with E-state index in [9.17, 15) is 0 Å². The van der Waals surface area contributed by atoms with Crippen molar-refractivity contribution in [3.63, 3.8) is 0 Å². The number of hydrogen-bond acceptors (Lipinski definition) is 3. The zero-order chi connectivity index (χ0) is 9.90. The van der Waals surface area contributed by atoms with E-state index in [2.05, 4.69) is 25.8 Å². The van der Waals surface area contributed by atoms with Crippen LogP contribution in [0.1, 0.15) is 26.5 Å². The molecule has 0 aromatic carbocycles. The Morgan fingerprint density at radius 2 is 2.08 bits per heavy atom. The van der Waals surface area contributed by atoms with Gasteiger partial charge in [0.15, 0.2) is 0 Å². The molecule has 2 nitrogen and oxygen atoms in total. The molecule has 0 aliphatic heterocycles. The zero-order valence-corrected chi connectivity index (χ0v) is 8.85. The second-order valence-electron chi connectivity index (χ2n) is 3.69. The Bertz CT molecular complexity index is 334. The van der Waals surface area contributed by atoms with Gasteiger partial charge in [-0.3, -0.25) is 0 Å². The molecule has 1 aromatic heterocycles. The summed E-state index contributed by atoms with van der Waals surface area (Å²) in [7, 11) is 0. The molecule has 0 spiro atoms. The van der Waals surface area contributed by atoms with E-state index in [-0.39, 0.29) is 4.75 Å². The summed E-state index contributed by atoms with van der Waals surface area (Å²) < 4.78 is 0.140. The van der Waals surface area contributed by atoms with E-state index in [1.807, 2.05) is 18.2 Å². The molecule has 0 fully saturated rings. The van der Waals surface area contributed by atoms with Crippen molar-refractivity contribution in [1.29, 1.82) is 5.26 Å². The highest BCUT2D eigenvalue weighted by Crippen LogP contribution is 2.30. The molecule has 0 saturated carbocycles. The van der Waals surface area contributed by atoms with Crippen molar-refractivity contribution in [2.24, 2.45) is 0 Å². The summed E-state index contributed by atoms with van der Waals surface area (Å²) in [4.78, 5) is 4.18. The van der Waals surface area contributed by atoms with Crippen molar-refractivity contribution in [3.05, 3.63) is 23.9 Å². The molecule has 0 radical (unpaired) electrons. The summed E-state index contributed by atoms with van der Waals surface area (Å²) in [6, 6.07) is 7.53. The van der Waals surface area contributed by atoms with Crippen LogP contribution in [0.15, 0.2) is 23.2 Å². The number of pyridine rings is 1. The van der Waals surface area contributed by atoms with Crippen LogP contribution in [-0.4, -0.2) is 9.73 Å². The van der Waals surface area contributed by atoms with Crippen LogP contribution in [-0.2, 0) is 0 Å². The van der Waals surface area contributed by atoms with Crippen molar-refractivity contribution < 1.29 is 0 Å². The number of nitriles is 1. The largest absolute Gasteiger partial charge is 0.231 e. The first-order valence-corrected chi connectivity index (χ1v) is 4.89. The maximum atomic E-state index is 8.64. The molecule has 0 atom stereocenters. The molecule has 0 saturated heterocycles. The van der Waals surface area contributed by atoms with Crippen LogP contribution in [0.5, 0.6) is 0 Å². The van der Waals surface area contributed by atoms with E-state index in [1.165, 1.54) is 0 Å². The van der Waals surface area contributed by atoms with Gasteiger partial charge in [0.05, 0.1) is 5.03 Å². The molecule has 1 heterocycles. The Morgan fingerprint density at radius 1 is 1.38 bits per heavy atom. The van der Waals surface area contributed by atoms with Gasteiger partial charge in [0.1, 0.15) is 11.8 Å². The second kappa shape index (κ2) is 3.80. The number of aromatic nitrogens is 1. The lowest BCUT2D eigenvalue weighted by atomic mass is 10.3. The van der Waals surface area contributed by atoms with E-state index >= 15 is 0 Å². The lowest BCUT2D eigenvalue weighted by Gasteiger charge is -2.16. The second-order valence-corrected chi connectivity index (χ2v) is 5.53. The molecule has 0 N–H and O–H groups in total. The number of nitrogens with zero attached hydrogens (tertiary/aromatic N) is 2. The summed E-state index contributed by atoms with van der Waals surface area (Å²) >= 11 is 1.67. The fourth-order valence-corrected chi connectivity index (χ4v) is 1.77. The minimum Gasteiger partial charge on any atom is -0.231 e. The maximum Gasteiger partial charge on any atom is 0.141 e. The number of hydrogen-bond donors (Lipinski definition) is 0. The third-order valence-corrected chi connectivity index (χ3v) is 2.30. The Kier molecular flexibility index (Phi) is 2.94. The van der Waals surface area contributed by atoms with Crippen LogP contribution in [0, 0.1) is 11.3 Å². The summed E-state index contributed by atoms with van der Waals surface area (Å²) in [6.45, 7) is 6.37. The third kappa shape index (κ3) is 3.47. The quantitative estimate of drug-likeness (QED) is 0.642. The summed E-state index contributed by atoms with van der Waals surface area (Å²) in [5.74, 6) is 0. The standard InChI is InChI=1S/C10H12N2S/c1-10(2,3)13-9-6-4-5-8(7-11)12-9/h4-6H,1-3H3. The highest BCUT2D eigenvalue weighted by Gasteiger charge is 2.12. The molecule has 0 aliphatic rings. The lowest BCUT2D eigenvalue weighted by Crippen LogP contribution is -2.07. The van der Waals surface area contributed by atoms with E-state index in [0.717, 1.165) is 5.03 Å². The molecular formula is C10H12N2S. The van der Waals surface area contributed by atoms with Gasteiger partial charge in [-0.15, -0.1) is 11.8 Å². The maximum absolute atomic E-state index is 8.64. The molecule has 0 bridgehead atoms. The van der Waals surface area contributed by atoms with E-state index < -0.39 is 0 Å². The van der Waals surface area contributed by atoms with Gasteiger partial charge in [0.25, 0.3) is 0 Å². The van der Waals surface area contributed by atoms with Gasteiger partial charge < -0.3 is 0 Å². The normalized spacial score (nSPS) is 10.9. The van der Waals surface area contributed by atoms with Crippen molar-refractivity contribution in [1.82, 2.24) is 4.98 Å². The van der Waals surface area contributed by atoms with Crippen molar-refractivity contribution >= 4 is 11.8 Å². The van der Waals surface area contributed by atoms with Gasteiger partial charge in [0, 0.05) is 4.75 Å². The van der Waals surface area contributed by atoms with Gasteiger partial charge in [0.2, 0.25) is 0 Å². The number of thioether (sulfide) groups is 1. The Balaban J connectivity index is 2.86. The molecular weight excluding hydrogens is 180 g/mol. The molecule has 0 unspecified atom stereocenters. The van der Waals surface area contributed by atoms with Crippen LogP contribution >= 0.6 is 11.8 Å². The molecule has 0 aliphatic carbocycles. The van der Waals surface area contributed by atoms with Crippen LogP contribution in [0.25, 0.3) is 0 Å². The van der Waals surface area contributed by atoms with Crippen LogP contribution in [0.2, 0.25) is 0 Å². The molecule has 3 heteroatoms. The van der Waals surface area contributed by atoms with Crippen molar-refractivity contribution in [2.75, 3.05) is 0 Å². The first-order valence-electron chi connectivity index (χ1n) is 4.07. The van der Waals surface area contributed by atoms with Gasteiger partial charge in [-0.25, -0.2) is 4.98 Å². The highest BCUT2D eigenvalue weighted by atomic mass is 32.2. The Hall–Kier alpha value is -1.01. The molecule has 1 rings (SSSR count). The monoisotopic (exact) mass is 192 g/mol. The molecule has 1 aromatic rings. The lowest BCUT2D eigenvalue weighted by molar-refractivity contribution is 0.799. The number of rotatable bonds is 1. The predicted molar refractivity (Wildman–Crippen MR) is 54.6 cm³/mol. The van der Waals surface area contributed by atoms with Crippen LogP contribution in [0.4, 0.5) is 0 Å². The van der Waals surface area contributed by atoms with Crippen LogP contribution < -0.4 is 0 Å². The van der Waals surface area contributed by atoms with E-state index in [0.29, 0.717) is 5.69 Å². The van der Waals surface area contributed by atoms with E-state index in [1.54, 1.807) is 17.8 Å². The molecule has 0 amide bonds.